The number of ether oxygens (including phenoxy) is 1. The molecular weight excluding hydrogens is 379 g/mol. The molecule has 0 spiro atoms. The fraction of sp³-hybridized carbons (Fsp3) is 0.263. The highest BCUT2D eigenvalue weighted by Crippen LogP contribution is 2.27. The number of nitrogens with one attached hydrogen (secondary N) is 2. The van der Waals surface area contributed by atoms with Gasteiger partial charge in [-0.2, -0.15) is 4.98 Å². The Bertz CT molecular complexity index is 1100. The number of carbonyl (C=O) groups excluding carboxylic acids is 1. The lowest BCUT2D eigenvalue weighted by atomic mass is 10.1. The van der Waals surface area contributed by atoms with Gasteiger partial charge in [0.25, 0.3) is 11.5 Å². The number of anilines is 2. The van der Waals surface area contributed by atoms with E-state index in [2.05, 4.69) is 20.6 Å². The van der Waals surface area contributed by atoms with Gasteiger partial charge in [-0.3, -0.25) is 9.59 Å². The minimum atomic E-state index is -0.963. The lowest BCUT2D eigenvalue weighted by molar-refractivity contribution is 0.102. The summed E-state index contributed by atoms with van der Waals surface area (Å²) in [6.07, 6.45) is 2.88. The van der Waals surface area contributed by atoms with E-state index < -0.39 is 17.3 Å². The molecule has 2 aromatic heterocycles. The van der Waals surface area contributed by atoms with Gasteiger partial charge >= 0.3 is 6.01 Å². The van der Waals surface area contributed by atoms with Crippen molar-refractivity contribution in [3.05, 3.63) is 52.3 Å². The van der Waals surface area contributed by atoms with Gasteiger partial charge in [-0.05, 0) is 19.1 Å². The summed E-state index contributed by atoms with van der Waals surface area (Å²) in [6, 6.07) is 4.30. The van der Waals surface area contributed by atoms with E-state index >= 15 is 0 Å². The summed E-state index contributed by atoms with van der Waals surface area (Å²) in [5, 5.41) is 6.39. The molecule has 0 aliphatic rings. The van der Waals surface area contributed by atoms with Crippen molar-refractivity contribution in [2.75, 3.05) is 24.3 Å². The topological polar surface area (TPSA) is 124 Å². The molecule has 0 aliphatic heterocycles. The number of amides is 1. The van der Waals surface area contributed by atoms with E-state index in [-0.39, 0.29) is 23.3 Å². The van der Waals surface area contributed by atoms with Crippen LogP contribution in [0.5, 0.6) is 6.01 Å². The molecular formula is C19H21FN6O3. The highest BCUT2D eigenvalue weighted by atomic mass is 19.1. The molecule has 2 heterocycles. The van der Waals surface area contributed by atoms with Crippen molar-refractivity contribution in [3.8, 4) is 6.01 Å². The lowest BCUT2D eigenvalue weighted by Gasteiger charge is -2.14. The Kier molecular flexibility index (Phi) is 5.74. The Morgan fingerprint density at radius 2 is 2.17 bits per heavy atom. The second-order valence-electron chi connectivity index (χ2n) is 6.58. The first-order valence-electron chi connectivity index (χ1n) is 8.81. The largest absolute Gasteiger partial charge is 0.467 e. The number of hydrogen-bond donors (Lipinski definition) is 3. The fourth-order valence-electron chi connectivity index (χ4n) is 2.75. The van der Waals surface area contributed by atoms with E-state index in [1.54, 1.807) is 18.3 Å². The fourth-order valence-corrected chi connectivity index (χ4v) is 2.75. The van der Waals surface area contributed by atoms with Gasteiger partial charge < -0.3 is 25.7 Å². The summed E-state index contributed by atoms with van der Waals surface area (Å²) in [5.74, 6) is -1.48. The standard InChI is InChI=1S/C19H21FN6O3/c1-10(21)7-22-15-5-4-12(16-13(15)8-23-19(25-16)29-3)17(27)24-11-6-14(20)18(28)26(2)9-11/h4-6,8-10,22H,7,21H2,1-3H3,(H,24,27)/t10-/m1/s1. The summed E-state index contributed by atoms with van der Waals surface area (Å²) in [5.41, 5.74) is 6.46. The summed E-state index contributed by atoms with van der Waals surface area (Å²) in [6.45, 7) is 2.38. The van der Waals surface area contributed by atoms with E-state index in [1.165, 1.54) is 20.4 Å². The number of halogens is 1. The SMILES string of the molecule is COc1ncc2c(NC[C@@H](C)N)ccc(C(=O)Nc3cc(F)c(=O)n(C)c3)c2n1. The molecule has 10 heteroatoms. The number of methoxy groups -OCH3 is 1. The predicted molar refractivity (Wildman–Crippen MR) is 108 cm³/mol. The second kappa shape index (κ2) is 8.23. The number of carbonyl (C=O) groups is 1. The summed E-state index contributed by atoms with van der Waals surface area (Å²) in [7, 11) is 2.82. The Balaban J connectivity index is 2.02. The molecule has 1 amide bonds. The van der Waals surface area contributed by atoms with Gasteiger partial charge in [-0.15, -0.1) is 0 Å². The Hall–Kier alpha value is -3.53. The molecule has 0 saturated carbocycles. The number of pyridine rings is 1. The number of aryl methyl sites for hydroxylation is 1. The van der Waals surface area contributed by atoms with Crippen LogP contribution in [0.25, 0.3) is 10.9 Å². The third-order valence-corrected chi connectivity index (χ3v) is 4.17. The summed E-state index contributed by atoms with van der Waals surface area (Å²) < 4.78 is 19.8. The highest BCUT2D eigenvalue weighted by molar-refractivity contribution is 6.13. The first-order chi connectivity index (χ1) is 13.8. The van der Waals surface area contributed by atoms with Gasteiger partial charge in [0.15, 0.2) is 5.82 Å². The van der Waals surface area contributed by atoms with Gasteiger partial charge in [0.1, 0.15) is 0 Å². The maximum absolute atomic E-state index is 13.7. The number of fused-ring (bicyclic) bond motifs is 1. The van der Waals surface area contributed by atoms with E-state index in [0.29, 0.717) is 23.1 Å². The first-order valence-corrected chi connectivity index (χ1v) is 8.81. The molecule has 3 aromatic rings. The molecule has 0 radical (unpaired) electrons. The zero-order chi connectivity index (χ0) is 21.1. The Morgan fingerprint density at radius 3 is 2.83 bits per heavy atom. The molecule has 0 fully saturated rings. The van der Waals surface area contributed by atoms with Gasteiger partial charge in [0.05, 0.1) is 23.9 Å². The van der Waals surface area contributed by atoms with Crippen LogP contribution in [0.4, 0.5) is 15.8 Å². The summed E-state index contributed by atoms with van der Waals surface area (Å²) >= 11 is 0. The highest BCUT2D eigenvalue weighted by Gasteiger charge is 2.17. The maximum atomic E-state index is 13.7. The van der Waals surface area contributed by atoms with Crippen LogP contribution in [0.2, 0.25) is 0 Å². The number of hydrogen-bond acceptors (Lipinski definition) is 7. The van der Waals surface area contributed by atoms with Crippen LogP contribution in [0.15, 0.2) is 35.4 Å². The smallest absolute Gasteiger partial charge is 0.316 e. The molecule has 1 atom stereocenters. The normalized spacial score (nSPS) is 11.9. The van der Waals surface area contributed by atoms with Crippen molar-refractivity contribution in [2.24, 2.45) is 12.8 Å². The van der Waals surface area contributed by atoms with Crippen LogP contribution in [0, 0.1) is 5.82 Å². The number of nitrogens with two attached hydrogens (primary N) is 1. The van der Waals surface area contributed by atoms with Crippen molar-refractivity contribution < 1.29 is 13.9 Å². The molecule has 0 saturated heterocycles. The Morgan fingerprint density at radius 1 is 1.41 bits per heavy atom. The average molecular weight is 400 g/mol. The van der Waals surface area contributed by atoms with E-state index in [1.807, 2.05) is 6.92 Å². The van der Waals surface area contributed by atoms with Gasteiger partial charge in [0.2, 0.25) is 0 Å². The second-order valence-corrected chi connectivity index (χ2v) is 6.58. The van der Waals surface area contributed by atoms with Crippen molar-refractivity contribution in [1.82, 2.24) is 14.5 Å². The molecule has 152 valence electrons. The minimum absolute atomic E-state index is 0.0770. The number of nitrogens with zero attached hydrogens (tertiary/aromatic N) is 3. The quantitative estimate of drug-likeness (QED) is 0.573. The predicted octanol–water partition coefficient (Wildman–Crippen LogP) is 1.49. The van der Waals surface area contributed by atoms with Crippen LogP contribution < -0.4 is 26.7 Å². The van der Waals surface area contributed by atoms with Gasteiger partial charge in [-0.1, -0.05) is 0 Å². The molecule has 0 bridgehead atoms. The van der Waals surface area contributed by atoms with Crippen molar-refractivity contribution in [3.63, 3.8) is 0 Å². The third-order valence-electron chi connectivity index (χ3n) is 4.17. The third kappa shape index (κ3) is 4.32. The van der Waals surface area contributed by atoms with Crippen molar-refractivity contribution >= 4 is 28.2 Å². The van der Waals surface area contributed by atoms with Crippen LogP contribution >= 0.6 is 0 Å². The van der Waals surface area contributed by atoms with Gasteiger partial charge in [-0.25, -0.2) is 9.37 Å². The monoisotopic (exact) mass is 400 g/mol. The summed E-state index contributed by atoms with van der Waals surface area (Å²) in [4.78, 5) is 32.8. The number of rotatable bonds is 6. The number of aromatic nitrogens is 3. The van der Waals surface area contributed by atoms with E-state index in [4.69, 9.17) is 10.5 Å². The van der Waals surface area contributed by atoms with Crippen LogP contribution in [-0.2, 0) is 7.05 Å². The molecule has 1 aromatic carbocycles. The minimum Gasteiger partial charge on any atom is -0.467 e. The Labute approximate surface area is 165 Å². The van der Waals surface area contributed by atoms with Crippen LogP contribution in [0.1, 0.15) is 17.3 Å². The molecule has 29 heavy (non-hydrogen) atoms. The maximum Gasteiger partial charge on any atom is 0.316 e. The van der Waals surface area contributed by atoms with Crippen LogP contribution in [0.3, 0.4) is 0 Å². The molecule has 0 aliphatic carbocycles. The molecule has 0 unspecified atom stereocenters. The zero-order valence-electron chi connectivity index (χ0n) is 16.2. The van der Waals surface area contributed by atoms with E-state index in [9.17, 15) is 14.0 Å². The molecule has 3 rings (SSSR count). The van der Waals surface area contributed by atoms with Crippen molar-refractivity contribution in [2.45, 2.75) is 13.0 Å². The lowest BCUT2D eigenvalue weighted by Crippen LogP contribution is -2.25. The molecule has 4 N–H and O–H groups in total. The van der Waals surface area contributed by atoms with E-state index in [0.717, 1.165) is 10.6 Å². The van der Waals surface area contributed by atoms with Crippen LogP contribution in [-0.4, -0.2) is 40.1 Å². The number of benzene rings is 1. The average Bonchev–Trinajstić information content (AvgIpc) is 2.69. The zero-order valence-corrected chi connectivity index (χ0v) is 16.2. The first kappa shape index (κ1) is 20.2. The molecule has 9 nitrogen and oxygen atoms in total. The van der Waals surface area contributed by atoms with Crippen molar-refractivity contribution in [1.29, 1.82) is 0 Å². The van der Waals surface area contributed by atoms with Gasteiger partial charge in [0, 0.05) is 49.2 Å².